The van der Waals surface area contributed by atoms with Crippen LogP contribution in [0.3, 0.4) is 0 Å². The molecule has 0 radical (unpaired) electrons. The summed E-state index contributed by atoms with van der Waals surface area (Å²) in [7, 11) is 1.49. The fraction of sp³-hybridized carbons (Fsp3) is 0.417. The lowest BCUT2D eigenvalue weighted by atomic mass is 10.2. The Labute approximate surface area is 126 Å². The summed E-state index contributed by atoms with van der Waals surface area (Å²) in [4.78, 5) is 14.8. The van der Waals surface area contributed by atoms with Crippen molar-refractivity contribution in [1.29, 1.82) is 0 Å². The molecule has 0 atom stereocenters. The average molecular weight is 336 g/mol. The van der Waals surface area contributed by atoms with Crippen molar-refractivity contribution in [3.63, 3.8) is 0 Å². The van der Waals surface area contributed by atoms with Crippen LogP contribution < -0.4 is 0 Å². The minimum atomic E-state index is -3.85. The van der Waals surface area contributed by atoms with Gasteiger partial charge in [0, 0.05) is 28.7 Å². The first kappa shape index (κ1) is 15.6. The van der Waals surface area contributed by atoms with Crippen molar-refractivity contribution in [2.45, 2.75) is 9.79 Å². The van der Waals surface area contributed by atoms with Gasteiger partial charge in [-0.15, -0.1) is 11.8 Å². The molecule has 1 aliphatic heterocycles. The summed E-state index contributed by atoms with van der Waals surface area (Å²) in [5, 5.41) is 0. The minimum absolute atomic E-state index is 0.0615. The van der Waals surface area contributed by atoms with Crippen LogP contribution in [0.25, 0.3) is 0 Å². The number of benzene rings is 1. The normalized spacial score (nSPS) is 16.2. The summed E-state index contributed by atoms with van der Waals surface area (Å²) in [5.41, 5.74) is 0.362. The lowest BCUT2D eigenvalue weighted by Gasteiger charge is -2.27. The molecule has 1 saturated heterocycles. The third-order valence-corrected chi connectivity index (χ3v) is 5.13. The zero-order valence-electron chi connectivity index (χ0n) is 10.8. The van der Waals surface area contributed by atoms with E-state index in [1.165, 1.54) is 23.9 Å². The van der Waals surface area contributed by atoms with Gasteiger partial charge in [-0.3, -0.25) is 4.79 Å². The van der Waals surface area contributed by atoms with Crippen molar-refractivity contribution in [3.05, 3.63) is 23.8 Å². The molecular formula is C12H14ClNO4S2. The molecule has 1 aromatic carbocycles. The number of hydrogen-bond donors (Lipinski definition) is 0. The molecule has 0 spiro atoms. The molecule has 8 heteroatoms. The standard InChI is InChI=1S/C12H14ClNO4S2/c1-19-11-3-2-9(20(13,16)17)8-10(11)12(15)14-4-6-18-7-5-14/h2-3,8H,4-7H2,1H3. The fourth-order valence-electron chi connectivity index (χ4n) is 1.94. The van der Waals surface area contributed by atoms with Crippen LogP contribution >= 0.6 is 22.4 Å². The van der Waals surface area contributed by atoms with E-state index in [0.717, 1.165) is 4.90 Å². The van der Waals surface area contributed by atoms with Crippen LogP contribution in [0.15, 0.2) is 28.0 Å². The van der Waals surface area contributed by atoms with Gasteiger partial charge in [-0.25, -0.2) is 8.42 Å². The van der Waals surface area contributed by atoms with Gasteiger partial charge >= 0.3 is 0 Å². The molecule has 1 fully saturated rings. The first-order chi connectivity index (χ1) is 9.43. The number of amides is 1. The molecule has 20 heavy (non-hydrogen) atoms. The van der Waals surface area contributed by atoms with Crippen LogP contribution in [-0.4, -0.2) is 51.8 Å². The highest BCUT2D eigenvalue weighted by atomic mass is 35.7. The van der Waals surface area contributed by atoms with E-state index in [2.05, 4.69) is 0 Å². The number of carbonyl (C=O) groups is 1. The Morgan fingerprint density at radius 1 is 1.35 bits per heavy atom. The maximum atomic E-state index is 12.5. The molecule has 110 valence electrons. The molecule has 1 heterocycles. The van der Waals surface area contributed by atoms with Gasteiger partial charge in [0.25, 0.3) is 15.0 Å². The molecule has 0 aliphatic carbocycles. The van der Waals surface area contributed by atoms with E-state index in [1.807, 2.05) is 6.26 Å². The van der Waals surface area contributed by atoms with Crippen molar-refractivity contribution < 1.29 is 17.9 Å². The number of nitrogens with zero attached hydrogens (tertiary/aromatic N) is 1. The highest BCUT2D eigenvalue weighted by molar-refractivity contribution is 8.13. The Hall–Kier alpha value is -0.760. The van der Waals surface area contributed by atoms with Crippen LogP contribution in [0, 0.1) is 0 Å². The Bertz CT molecular complexity index is 612. The summed E-state index contributed by atoms with van der Waals surface area (Å²) < 4.78 is 28.0. The summed E-state index contributed by atoms with van der Waals surface area (Å²) in [5.74, 6) is -0.195. The Balaban J connectivity index is 2.39. The second-order valence-corrected chi connectivity index (χ2v) is 7.62. The lowest BCUT2D eigenvalue weighted by Crippen LogP contribution is -2.40. The SMILES string of the molecule is CSc1ccc(S(=O)(=O)Cl)cc1C(=O)N1CCOCC1. The predicted molar refractivity (Wildman–Crippen MR) is 78.0 cm³/mol. The molecule has 0 saturated carbocycles. The summed E-state index contributed by atoms with van der Waals surface area (Å²) >= 11 is 1.39. The van der Waals surface area contributed by atoms with Crippen molar-refractivity contribution in [1.82, 2.24) is 4.90 Å². The number of morpholine rings is 1. The molecule has 5 nitrogen and oxygen atoms in total. The van der Waals surface area contributed by atoms with E-state index in [-0.39, 0.29) is 10.8 Å². The third kappa shape index (κ3) is 3.46. The first-order valence-electron chi connectivity index (χ1n) is 5.93. The van der Waals surface area contributed by atoms with E-state index in [1.54, 1.807) is 11.0 Å². The molecule has 1 amide bonds. The van der Waals surface area contributed by atoms with Gasteiger partial charge in [-0.2, -0.15) is 0 Å². The van der Waals surface area contributed by atoms with Crippen molar-refractivity contribution >= 4 is 37.4 Å². The summed E-state index contributed by atoms with van der Waals surface area (Å²) in [6, 6.07) is 4.35. The molecule has 0 aromatic heterocycles. The van der Waals surface area contributed by atoms with E-state index in [0.29, 0.717) is 31.9 Å². The van der Waals surface area contributed by atoms with Crippen LogP contribution in [0.4, 0.5) is 0 Å². The van der Waals surface area contributed by atoms with Gasteiger partial charge in [0.05, 0.1) is 23.7 Å². The zero-order valence-corrected chi connectivity index (χ0v) is 13.2. The maximum Gasteiger partial charge on any atom is 0.261 e. The second kappa shape index (κ2) is 6.34. The van der Waals surface area contributed by atoms with Gasteiger partial charge in [0.15, 0.2) is 0 Å². The number of thioether (sulfide) groups is 1. The number of hydrogen-bond acceptors (Lipinski definition) is 5. The van der Waals surface area contributed by atoms with Gasteiger partial charge < -0.3 is 9.64 Å². The largest absolute Gasteiger partial charge is 0.378 e. The summed E-state index contributed by atoms with van der Waals surface area (Å²) in [6.45, 7) is 2.00. The monoisotopic (exact) mass is 335 g/mol. The van der Waals surface area contributed by atoms with Gasteiger partial charge in [0.2, 0.25) is 0 Å². The van der Waals surface area contributed by atoms with E-state index < -0.39 is 9.05 Å². The Kier molecular flexibility index (Phi) is 4.95. The first-order valence-corrected chi connectivity index (χ1v) is 9.46. The van der Waals surface area contributed by atoms with Crippen molar-refractivity contribution in [2.24, 2.45) is 0 Å². The minimum Gasteiger partial charge on any atom is -0.378 e. The average Bonchev–Trinajstić information content (AvgIpc) is 2.45. The van der Waals surface area contributed by atoms with Gasteiger partial charge in [-0.1, -0.05) is 0 Å². The van der Waals surface area contributed by atoms with Crippen LogP contribution in [0.1, 0.15) is 10.4 Å². The van der Waals surface area contributed by atoms with E-state index in [9.17, 15) is 13.2 Å². The Morgan fingerprint density at radius 2 is 2.00 bits per heavy atom. The summed E-state index contributed by atoms with van der Waals surface area (Å²) in [6.07, 6.45) is 1.83. The molecule has 0 N–H and O–H groups in total. The molecule has 1 aliphatic rings. The quantitative estimate of drug-likeness (QED) is 0.622. The number of rotatable bonds is 3. The Morgan fingerprint density at radius 3 is 2.55 bits per heavy atom. The third-order valence-electron chi connectivity index (χ3n) is 2.98. The molecular weight excluding hydrogens is 322 g/mol. The van der Waals surface area contributed by atoms with Crippen LogP contribution in [0.2, 0.25) is 0 Å². The van der Waals surface area contributed by atoms with Crippen LogP contribution in [-0.2, 0) is 13.8 Å². The van der Waals surface area contributed by atoms with E-state index >= 15 is 0 Å². The zero-order chi connectivity index (χ0) is 14.8. The smallest absolute Gasteiger partial charge is 0.261 e. The van der Waals surface area contributed by atoms with Crippen molar-refractivity contribution in [2.75, 3.05) is 32.6 Å². The van der Waals surface area contributed by atoms with Crippen molar-refractivity contribution in [3.8, 4) is 0 Å². The van der Waals surface area contributed by atoms with Gasteiger partial charge in [0.1, 0.15) is 0 Å². The molecule has 2 rings (SSSR count). The maximum absolute atomic E-state index is 12.5. The number of ether oxygens (including phenoxy) is 1. The number of halogens is 1. The lowest BCUT2D eigenvalue weighted by molar-refractivity contribution is 0.0300. The highest BCUT2D eigenvalue weighted by Gasteiger charge is 2.23. The van der Waals surface area contributed by atoms with Crippen LogP contribution in [0.5, 0.6) is 0 Å². The highest BCUT2D eigenvalue weighted by Crippen LogP contribution is 2.26. The van der Waals surface area contributed by atoms with Gasteiger partial charge in [-0.05, 0) is 24.5 Å². The second-order valence-electron chi connectivity index (χ2n) is 4.20. The van der Waals surface area contributed by atoms with E-state index in [4.69, 9.17) is 15.4 Å². The predicted octanol–water partition coefficient (Wildman–Crippen LogP) is 1.81. The molecule has 1 aromatic rings. The molecule has 0 unspecified atom stereocenters. The molecule has 0 bridgehead atoms. The topological polar surface area (TPSA) is 63.7 Å². The number of carbonyl (C=O) groups excluding carboxylic acids is 1. The fourth-order valence-corrected chi connectivity index (χ4v) is 3.29.